The van der Waals surface area contributed by atoms with Crippen LogP contribution in [-0.2, 0) is 4.79 Å². The Labute approximate surface area is 74.6 Å². The minimum Gasteiger partial charge on any atom is -0.326 e. The molecule has 4 heteroatoms. The van der Waals surface area contributed by atoms with E-state index in [0.29, 0.717) is 12.0 Å². The second-order valence-corrected chi connectivity index (χ2v) is 2.53. The normalized spacial score (nSPS) is 9.38. The molecule has 0 aliphatic heterocycles. The van der Waals surface area contributed by atoms with Gasteiger partial charge in [-0.1, -0.05) is 0 Å². The van der Waals surface area contributed by atoms with Gasteiger partial charge in [0.05, 0.1) is 5.69 Å². The Morgan fingerprint density at radius 2 is 2.23 bits per heavy atom. The van der Waals surface area contributed by atoms with Crippen molar-refractivity contribution in [2.45, 2.75) is 6.92 Å². The van der Waals surface area contributed by atoms with E-state index in [0.717, 1.165) is 6.07 Å². The summed E-state index contributed by atoms with van der Waals surface area (Å²) in [7, 11) is 0. The molecule has 1 N–H and O–H groups in total. The zero-order valence-corrected chi connectivity index (χ0v) is 7.00. The average molecular weight is 181 g/mol. The van der Waals surface area contributed by atoms with Crippen LogP contribution in [0.15, 0.2) is 18.2 Å². The standard InChI is InChI=1S/C9H8FNO2/c1-6(13)11-9-3-2-8(10)4-7(9)5-12/h2-5H,1H3,(H,11,13). The zero-order valence-electron chi connectivity index (χ0n) is 7.00. The van der Waals surface area contributed by atoms with Crippen LogP contribution in [0.2, 0.25) is 0 Å². The van der Waals surface area contributed by atoms with E-state index in [4.69, 9.17) is 0 Å². The molecule has 3 nitrogen and oxygen atoms in total. The van der Waals surface area contributed by atoms with Gasteiger partial charge in [0.1, 0.15) is 5.82 Å². The fourth-order valence-electron chi connectivity index (χ4n) is 0.935. The number of aldehydes is 1. The van der Waals surface area contributed by atoms with Crippen LogP contribution in [0.5, 0.6) is 0 Å². The van der Waals surface area contributed by atoms with Gasteiger partial charge in [-0.3, -0.25) is 9.59 Å². The summed E-state index contributed by atoms with van der Waals surface area (Å²) < 4.78 is 12.6. The van der Waals surface area contributed by atoms with E-state index in [9.17, 15) is 14.0 Å². The van der Waals surface area contributed by atoms with Crippen molar-refractivity contribution in [2.24, 2.45) is 0 Å². The van der Waals surface area contributed by atoms with Gasteiger partial charge < -0.3 is 5.32 Å². The van der Waals surface area contributed by atoms with E-state index >= 15 is 0 Å². The molecule has 0 heterocycles. The van der Waals surface area contributed by atoms with E-state index in [-0.39, 0.29) is 11.5 Å². The molecule has 0 spiro atoms. The third-order valence-corrected chi connectivity index (χ3v) is 1.45. The van der Waals surface area contributed by atoms with Crippen molar-refractivity contribution in [1.29, 1.82) is 0 Å². The number of rotatable bonds is 2. The molecule has 0 fully saturated rings. The smallest absolute Gasteiger partial charge is 0.221 e. The van der Waals surface area contributed by atoms with Crippen molar-refractivity contribution < 1.29 is 14.0 Å². The van der Waals surface area contributed by atoms with Crippen molar-refractivity contribution in [3.05, 3.63) is 29.6 Å². The van der Waals surface area contributed by atoms with Gasteiger partial charge >= 0.3 is 0 Å². The van der Waals surface area contributed by atoms with Gasteiger partial charge in [-0.05, 0) is 18.2 Å². The molecule has 0 saturated carbocycles. The topological polar surface area (TPSA) is 46.2 Å². The van der Waals surface area contributed by atoms with Gasteiger partial charge in [0.2, 0.25) is 5.91 Å². The third-order valence-electron chi connectivity index (χ3n) is 1.45. The Balaban J connectivity index is 3.05. The minimum absolute atomic E-state index is 0.134. The maximum Gasteiger partial charge on any atom is 0.221 e. The van der Waals surface area contributed by atoms with E-state index in [1.807, 2.05) is 0 Å². The molecule has 0 aliphatic carbocycles. The molecule has 0 saturated heterocycles. The molecule has 0 atom stereocenters. The molecule has 0 aliphatic rings. The number of amides is 1. The van der Waals surface area contributed by atoms with Crippen molar-refractivity contribution in [2.75, 3.05) is 5.32 Å². The van der Waals surface area contributed by atoms with Crippen molar-refractivity contribution in [3.63, 3.8) is 0 Å². The SMILES string of the molecule is CC(=O)Nc1ccc(F)cc1C=O. The lowest BCUT2D eigenvalue weighted by Gasteiger charge is -2.04. The summed E-state index contributed by atoms with van der Waals surface area (Å²) in [5.74, 6) is -0.800. The van der Waals surface area contributed by atoms with Crippen LogP contribution < -0.4 is 5.32 Å². The molecule has 0 radical (unpaired) electrons. The van der Waals surface area contributed by atoms with E-state index in [2.05, 4.69) is 5.32 Å². The molecular weight excluding hydrogens is 173 g/mol. The minimum atomic E-state index is -0.504. The number of anilines is 1. The predicted octanol–water partition coefficient (Wildman–Crippen LogP) is 1.60. The summed E-state index contributed by atoms with van der Waals surface area (Å²) in [4.78, 5) is 21.1. The third kappa shape index (κ3) is 2.37. The molecule has 0 unspecified atom stereocenters. The first-order chi connectivity index (χ1) is 6.13. The highest BCUT2D eigenvalue weighted by Gasteiger charge is 2.03. The monoisotopic (exact) mass is 181 g/mol. The molecule has 13 heavy (non-hydrogen) atoms. The van der Waals surface area contributed by atoms with E-state index in [1.54, 1.807) is 0 Å². The summed E-state index contributed by atoms with van der Waals surface area (Å²) >= 11 is 0. The summed E-state index contributed by atoms with van der Waals surface area (Å²) in [6.07, 6.45) is 0.494. The molecule has 1 aromatic carbocycles. The van der Waals surface area contributed by atoms with Crippen molar-refractivity contribution in [1.82, 2.24) is 0 Å². The van der Waals surface area contributed by atoms with E-state index < -0.39 is 5.82 Å². The lowest BCUT2D eigenvalue weighted by Crippen LogP contribution is -2.08. The van der Waals surface area contributed by atoms with Crippen LogP contribution in [-0.4, -0.2) is 12.2 Å². The van der Waals surface area contributed by atoms with Gasteiger partial charge in [-0.15, -0.1) is 0 Å². The fourth-order valence-corrected chi connectivity index (χ4v) is 0.935. The molecule has 0 bridgehead atoms. The number of nitrogens with one attached hydrogen (secondary N) is 1. The van der Waals surface area contributed by atoms with Gasteiger partial charge in [-0.2, -0.15) is 0 Å². The van der Waals surface area contributed by atoms with Gasteiger partial charge in [-0.25, -0.2) is 4.39 Å². The Morgan fingerprint density at radius 1 is 1.54 bits per heavy atom. The Morgan fingerprint density at radius 3 is 2.77 bits per heavy atom. The van der Waals surface area contributed by atoms with Crippen LogP contribution in [0, 0.1) is 5.82 Å². The maximum atomic E-state index is 12.6. The zero-order chi connectivity index (χ0) is 9.84. The summed E-state index contributed by atoms with van der Waals surface area (Å²) in [6, 6.07) is 3.59. The number of hydrogen-bond donors (Lipinski definition) is 1. The lowest BCUT2D eigenvalue weighted by molar-refractivity contribution is -0.114. The number of halogens is 1. The highest BCUT2D eigenvalue weighted by atomic mass is 19.1. The molecule has 1 aromatic rings. The van der Waals surface area contributed by atoms with Crippen molar-refractivity contribution >= 4 is 17.9 Å². The lowest BCUT2D eigenvalue weighted by atomic mass is 10.2. The van der Waals surface area contributed by atoms with Crippen LogP contribution in [0.3, 0.4) is 0 Å². The van der Waals surface area contributed by atoms with Gasteiger partial charge in [0.25, 0.3) is 0 Å². The fraction of sp³-hybridized carbons (Fsp3) is 0.111. The van der Waals surface area contributed by atoms with Crippen molar-refractivity contribution in [3.8, 4) is 0 Å². The number of benzene rings is 1. The second kappa shape index (κ2) is 3.80. The van der Waals surface area contributed by atoms with E-state index in [1.165, 1.54) is 19.1 Å². The molecule has 1 amide bonds. The highest BCUT2D eigenvalue weighted by Crippen LogP contribution is 2.14. The average Bonchev–Trinajstić information content (AvgIpc) is 2.07. The quantitative estimate of drug-likeness (QED) is 0.704. The second-order valence-electron chi connectivity index (χ2n) is 2.53. The number of carbonyl (C=O) groups excluding carboxylic acids is 2. The van der Waals surface area contributed by atoms with Crippen LogP contribution in [0.25, 0.3) is 0 Å². The first-order valence-electron chi connectivity index (χ1n) is 3.66. The highest BCUT2D eigenvalue weighted by molar-refractivity contribution is 5.95. The van der Waals surface area contributed by atoms with Gasteiger partial charge in [0.15, 0.2) is 6.29 Å². The Hall–Kier alpha value is -1.71. The van der Waals surface area contributed by atoms with Gasteiger partial charge in [0, 0.05) is 12.5 Å². The molecule has 0 aromatic heterocycles. The Bertz CT molecular complexity index is 349. The molecule has 1 rings (SSSR count). The first-order valence-corrected chi connectivity index (χ1v) is 3.66. The largest absolute Gasteiger partial charge is 0.326 e. The van der Waals surface area contributed by atoms with Crippen LogP contribution in [0.1, 0.15) is 17.3 Å². The summed E-state index contributed by atoms with van der Waals surface area (Å²) in [5.41, 5.74) is 0.458. The molecular formula is C9H8FNO2. The predicted molar refractivity (Wildman–Crippen MR) is 46.1 cm³/mol. The summed E-state index contributed by atoms with van der Waals surface area (Å²) in [5, 5.41) is 2.41. The first kappa shape index (κ1) is 9.38. The van der Waals surface area contributed by atoms with Crippen LogP contribution in [0.4, 0.5) is 10.1 Å². The number of hydrogen-bond acceptors (Lipinski definition) is 2. The van der Waals surface area contributed by atoms with Crippen LogP contribution >= 0.6 is 0 Å². The Kier molecular flexibility index (Phi) is 2.74. The number of carbonyl (C=O) groups is 2. The maximum absolute atomic E-state index is 12.6. The molecule has 68 valence electrons. The summed E-state index contributed by atoms with van der Waals surface area (Å²) in [6.45, 7) is 1.32.